The van der Waals surface area contributed by atoms with Crippen LogP contribution in [0.15, 0.2) is 100 Å². The highest BCUT2D eigenvalue weighted by Crippen LogP contribution is 2.35. The van der Waals surface area contributed by atoms with Crippen LogP contribution in [0.2, 0.25) is 0 Å². The summed E-state index contributed by atoms with van der Waals surface area (Å²) in [7, 11) is 1.00. The molecule has 0 spiro atoms. The van der Waals surface area contributed by atoms with Crippen LogP contribution >= 0.6 is 0 Å². The molecule has 2 heterocycles. The van der Waals surface area contributed by atoms with Crippen LogP contribution in [0.5, 0.6) is 28.7 Å². The zero-order chi connectivity index (χ0) is 28.8. The van der Waals surface area contributed by atoms with E-state index in [1.54, 1.807) is 42.5 Å². The van der Waals surface area contributed by atoms with Gasteiger partial charge in [0.25, 0.3) is 0 Å². The maximum Gasteiger partial charge on any atom is 0.200 e. The molecule has 1 atom stereocenters. The standard InChI is InChI=1S/C15H12O4.C15H10O4.CH4O.CH4/c2*16-10-3-1-9(2-4-10)13-8-19-14-7-11(17)5-6-12(14)15(13)18;1-2;/h1-7,13,16-17H,8H2;1-8,16-17H;2H,1H3;1H4. The van der Waals surface area contributed by atoms with Crippen LogP contribution in [-0.4, -0.2) is 45.0 Å². The van der Waals surface area contributed by atoms with Crippen LogP contribution < -0.4 is 10.2 Å². The summed E-state index contributed by atoms with van der Waals surface area (Å²) in [5.41, 5.74) is 2.53. The highest BCUT2D eigenvalue weighted by Gasteiger charge is 2.30. The Hall–Kier alpha value is -5.28. The van der Waals surface area contributed by atoms with Gasteiger partial charge in [0.15, 0.2) is 11.2 Å². The number of Topliss-reactive ketones (excluding diaryl/α,β-unsaturated/α-hetero) is 1. The molecule has 1 unspecified atom stereocenters. The van der Waals surface area contributed by atoms with Crippen molar-refractivity contribution in [1.82, 2.24) is 0 Å². The van der Waals surface area contributed by atoms with Gasteiger partial charge in [0.1, 0.15) is 47.2 Å². The second kappa shape index (κ2) is 13.2. The van der Waals surface area contributed by atoms with E-state index < -0.39 is 0 Å². The summed E-state index contributed by atoms with van der Waals surface area (Å²) in [6, 6.07) is 21.7. The molecule has 4 aromatic carbocycles. The van der Waals surface area contributed by atoms with Crippen molar-refractivity contribution in [2.75, 3.05) is 13.7 Å². The number of benzene rings is 4. The van der Waals surface area contributed by atoms with E-state index in [4.69, 9.17) is 14.3 Å². The third kappa shape index (κ3) is 6.66. The normalized spacial score (nSPS) is 13.3. The fourth-order valence-electron chi connectivity index (χ4n) is 4.18. The lowest BCUT2D eigenvalue weighted by Crippen LogP contribution is -2.25. The topological polar surface area (TPSA) is 158 Å². The van der Waals surface area contributed by atoms with Crippen molar-refractivity contribution in [2.45, 2.75) is 13.3 Å². The summed E-state index contributed by atoms with van der Waals surface area (Å²) in [5.74, 6) is 0.435. The molecular weight excluding hydrogens is 528 g/mol. The summed E-state index contributed by atoms with van der Waals surface area (Å²) < 4.78 is 10.9. The monoisotopic (exact) mass is 558 g/mol. The Morgan fingerprint density at radius 3 is 1.90 bits per heavy atom. The Labute approximate surface area is 235 Å². The van der Waals surface area contributed by atoms with Gasteiger partial charge in [0.2, 0.25) is 0 Å². The van der Waals surface area contributed by atoms with E-state index in [0.717, 1.165) is 12.7 Å². The molecule has 0 aliphatic carbocycles. The van der Waals surface area contributed by atoms with E-state index in [9.17, 15) is 30.0 Å². The second-order valence-electron chi connectivity index (χ2n) is 8.71. The molecule has 9 nitrogen and oxygen atoms in total. The average Bonchev–Trinajstić information content (AvgIpc) is 2.96. The molecule has 0 radical (unpaired) electrons. The van der Waals surface area contributed by atoms with Crippen molar-refractivity contribution in [3.8, 4) is 39.9 Å². The van der Waals surface area contributed by atoms with Crippen molar-refractivity contribution in [2.24, 2.45) is 0 Å². The number of carbonyl (C=O) groups excluding carboxylic acids is 1. The maximum absolute atomic E-state index is 12.4. The molecule has 1 aromatic heterocycles. The van der Waals surface area contributed by atoms with Gasteiger partial charge in [-0.3, -0.25) is 9.59 Å². The summed E-state index contributed by atoms with van der Waals surface area (Å²) in [4.78, 5) is 24.7. The fourth-order valence-corrected chi connectivity index (χ4v) is 4.18. The van der Waals surface area contributed by atoms with E-state index in [1.807, 2.05) is 0 Å². The van der Waals surface area contributed by atoms with Crippen LogP contribution in [0.3, 0.4) is 0 Å². The molecule has 9 heteroatoms. The van der Waals surface area contributed by atoms with Crippen molar-refractivity contribution < 1.29 is 39.5 Å². The number of ketones is 1. The van der Waals surface area contributed by atoms with Gasteiger partial charge >= 0.3 is 0 Å². The number of phenolic OH excluding ortho intramolecular Hbond substituents is 4. The van der Waals surface area contributed by atoms with Crippen LogP contribution in [0.25, 0.3) is 22.1 Å². The van der Waals surface area contributed by atoms with Crippen LogP contribution in [0, 0.1) is 0 Å². The number of carbonyl (C=O) groups is 1. The minimum absolute atomic E-state index is 0. The van der Waals surface area contributed by atoms with Crippen molar-refractivity contribution in [1.29, 1.82) is 0 Å². The Morgan fingerprint density at radius 1 is 0.683 bits per heavy atom. The van der Waals surface area contributed by atoms with Crippen LogP contribution in [-0.2, 0) is 0 Å². The second-order valence-corrected chi connectivity index (χ2v) is 8.71. The first kappa shape index (κ1) is 30.3. The maximum atomic E-state index is 12.4. The predicted molar refractivity (Wildman–Crippen MR) is 155 cm³/mol. The van der Waals surface area contributed by atoms with Crippen LogP contribution in [0.4, 0.5) is 0 Å². The van der Waals surface area contributed by atoms with E-state index in [0.29, 0.717) is 33.4 Å². The molecule has 0 amide bonds. The van der Waals surface area contributed by atoms with Crippen LogP contribution in [0.1, 0.15) is 29.3 Å². The molecule has 1 aliphatic rings. The molecular formula is C32H30O9. The number of hydrogen-bond acceptors (Lipinski definition) is 9. The highest BCUT2D eigenvalue weighted by molar-refractivity contribution is 6.04. The van der Waals surface area contributed by atoms with Gasteiger partial charge in [0.05, 0.1) is 22.4 Å². The largest absolute Gasteiger partial charge is 0.508 e. The molecule has 5 N–H and O–H groups in total. The first-order valence-corrected chi connectivity index (χ1v) is 12.1. The van der Waals surface area contributed by atoms with Crippen molar-refractivity contribution in [3.63, 3.8) is 0 Å². The van der Waals surface area contributed by atoms with Gasteiger partial charge in [-0.2, -0.15) is 0 Å². The van der Waals surface area contributed by atoms with Gasteiger partial charge in [-0.1, -0.05) is 31.7 Å². The summed E-state index contributed by atoms with van der Waals surface area (Å²) in [6.07, 6.45) is 1.36. The number of phenols is 4. The zero-order valence-corrected chi connectivity index (χ0v) is 21.3. The highest BCUT2D eigenvalue weighted by atomic mass is 16.5. The first-order chi connectivity index (χ1) is 19.3. The summed E-state index contributed by atoms with van der Waals surface area (Å²) in [6.45, 7) is 0.236. The minimum Gasteiger partial charge on any atom is -0.508 e. The van der Waals surface area contributed by atoms with Gasteiger partial charge < -0.3 is 34.7 Å². The number of ether oxygens (including phenoxy) is 1. The van der Waals surface area contributed by atoms with Gasteiger partial charge in [0, 0.05) is 19.2 Å². The van der Waals surface area contributed by atoms with E-state index in [-0.39, 0.29) is 54.2 Å². The summed E-state index contributed by atoms with van der Waals surface area (Å²) >= 11 is 0. The number of hydrogen-bond donors (Lipinski definition) is 5. The van der Waals surface area contributed by atoms with E-state index in [1.165, 1.54) is 48.7 Å². The Morgan fingerprint density at radius 2 is 1.24 bits per heavy atom. The molecule has 0 saturated heterocycles. The van der Waals surface area contributed by atoms with Gasteiger partial charge in [-0.05, 0) is 59.7 Å². The average molecular weight is 559 g/mol. The predicted octanol–water partition coefficient (Wildman–Crippen LogP) is 5.57. The lowest BCUT2D eigenvalue weighted by Gasteiger charge is -2.24. The third-order valence-electron chi connectivity index (χ3n) is 6.18. The van der Waals surface area contributed by atoms with Gasteiger partial charge in [-0.25, -0.2) is 0 Å². The smallest absolute Gasteiger partial charge is 0.200 e. The number of fused-ring (bicyclic) bond motifs is 2. The molecule has 1 aliphatic heterocycles. The lowest BCUT2D eigenvalue weighted by molar-refractivity contribution is 0.0896. The SMILES string of the molecule is C.CO.O=C1c2ccc(O)cc2OCC1c1ccc(O)cc1.O=c1c(-c2ccc(O)cc2)coc2cc(O)ccc12. The number of rotatable bonds is 2. The fraction of sp³-hybridized carbons (Fsp3) is 0.125. The number of aliphatic hydroxyl groups is 1. The summed E-state index contributed by atoms with van der Waals surface area (Å²) in [5, 5.41) is 44.6. The van der Waals surface area contributed by atoms with Crippen molar-refractivity contribution in [3.05, 3.63) is 113 Å². The molecule has 0 saturated carbocycles. The Bertz CT molecular complexity index is 1690. The van der Waals surface area contributed by atoms with Crippen molar-refractivity contribution >= 4 is 16.8 Å². The molecule has 6 rings (SSSR count). The lowest BCUT2D eigenvalue weighted by atomic mass is 9.89. The molecule has 41 heavy (non-hydrogen) atoms. The Balaban J connectivity index is 0.000000208. The Kier molecular flexibility index (Phi) is 9.73. The quantitative estimate of drug-likeness (QED) is 0.187. The molecule has 5 aromatic rings. The third-order valence-corrected chi connectivity index (χ3v) is 6.18. The molecule has 212 valence electrons. The first-order valence-electron chi connectivity index (χ1n) is 12.1. The molecule has 0 bridgehead atoms. The van der Waals surface area contributed by atoms with E-state index in [2.05, 4.69) is 0 Å². The minimum atomic E-state index is -0.377. The van der Waals surface area contributed by atoms with Gasteiger partial charge in [-0.15, -0.1) is 0 Å². The number of aromatic hydroxyl groups is 4. The molecule has 0 fully saturated rings. The van der Waals surface area contributed by atoms with E-state index >= 15 is 0 Å². The number of aliphatic hydroxyl groups excluding tert-OH is 1. The zero-order valence-electron chi connectivity index (χ0n) is 21.3.